The highest BCUT2D eigenvalue weighted by Crippen LogP contribution is 2.26. The fraction of sp³-hybridized carbons (Fsp3) is 0.417. The van der Waals surface area contributed by atoms with Crippen molar-refractivity contribution in [1.82, 2.24) is 9.21 Å². The van der Waals surface area contributed by atoms with Gasteiger partial charge in [-0.2, -0.15) is 4.31 Å². The smallest absolute Gasteiger partial charge is 0.338 e. The van der Waals surface area contributed by atoms with Gasteiger partial charge in [0, 0.05) is 26.7 Å². The normalized spacial score (nSPS) is 14.8. The van der Waals surface area contributed by atoms with E-state index < -0.39 is 34.3 Å². The molecule has 2 aromatic rings. The summed E-state index contributed by atoms with van der Waals surface area (Å²) < 4.78 is 45.6. The van der Waals surface area contributed by atoms with Crippen molar-refractivity contribution in [3.63, 3.8) is 0 Å². The number of hydrogen-bond acceptors (Lipinski definition) is 5. The van der Waals surface area contributed by atoms with Gasteiger partial charge in [-0.25, -0.2) is 17.6 Å². The number of ether oxygens (including phenoxy) is 1. The average molecular weight is 477 g/mol. The summed E-state index contributed by atoms with van der Waals surface area (Å²) in [6.45, 7) is -0.301. The van der Waals surface area contributed by atoms with E-state index in [-0.39, 0.29) is 23.0 Å². The van der Waals surface area contributed by atoms with Crippen molar-refractivity contribution >= 4 is 21.9 Å². The quantitative estimate of drug-likeness (QED) is 0.544. The molecule has 0 unspecified atom stereocenters. The minimum Gasteiger partial charge on any atom is -0.452 e. The molecule has 1 saturated carbocycles. The molecule has 1 fully saturated rings. The maximum atomic E-state index is 13.3. The number of sulfonamides is 1. The van der Waals surface area contributed by atoms with Gasteiger partial charge in [-0.15, -0.1) is 0 Å². The second-order valence-corrected chi connectivity index (χ2v) is 10.3. The maximum absolute atomic E-state index is 13.3. The second-order valence-electron chi connectivity index (χ2n) is 8.29. The number of esters is 1. The van der Waals surface area contributed by atoms with Crippen LogP contribution in [0.25, 0.3) is 0 Å². The number of likely N-dealkylation sites (N-methyl/N-ethyl adjacent to an activating group) is 1. The number of hydrogen-bond donors (Lipinski definition) is 0. The Bertz CT molecular complexity index is 1080. The third kappa shape index (κ3) is 6.39. The van der Waals surface area contributed by atoms with Crippen LogP contribution in [0, 0.1) is 5.82 Å². The summed E-state index contributed by atoms with van der Waals surface area (Å²) in [6, 6.07) is 11.4. The number of nitrogens with zero attached hydrogens (tertiary/aromatic N) is 2. The average Bonchev–Trinajstić information content (AvgIpc) is 2.82. The lowest BCUT2D eigenvalue weighted by molar-refractivity contribution is -0.133. The minimum atomic E-state index is -3.66. The van der Waals surface area contributed by atoms with Crippen LogP contribution in [-0.4, -0.2) is 56.2 Å². The van der Waals surface area contributed by atoms with Crippen molar-refractivity contribution in [1.29, 1.82) is 0 Å². The summed E-state index contributed by atoms with van der Waals surface area (Å²) in [5, 5.41) is 0. The molecule has 1 aliphatic rings. The highest BCUT2D eigenvalue weighted by atomic mass is 32.2. The van der Waals surface area contributed by atoms with Gasteiger partial charge in [-0.1, -0.05) is 31.4 Å². The molecule has 178 valence electrons. The van der Waals surface area contributed by atoms with Gasteiger partial charge in [0.15, 0.2) is 6.61 Å². The largest absolute Gasteiger partial charge is 0.452 e. The Morgan fingerprint density at radius 1 is 1.03 bits per heavy atom. The van der Waals surface area contributed by atoms with Crippen LogP contribution < -0.4 is 0 Å². The number of carbonyl (C=O) groups excluding carboxylic acids is 2. The van der Waals surface area contributed by atoms with E-state index in [4.69, 9.17) is 4.74 Å². The lowest BCUT2D eigenvalue weighted by atomic mass is 9.96. The van der Waals surface area contributed by atoms with Crippen LogP contribution in [0.5, 0.6) is 0 Å². The van der Waals surface area contributed by atoms with E-state index in [1.54, 1.807) is 19.2 Å². The molecular formula is C24H29FN2O5S. The molecule has 3 rings (SSSR count). The number of rotatable bonds is 8. The molecule has 0 bridgehead atoms. The third-order valence-electron chi connectivity index (χ3n) is 5.92. The lowest BCUT2D eigenvalue weighted by Crippen LogP contribution is -2.38. The zero-order chi connectivity index (χ0) is 24.0. The Labute approximate surface area is 194 Å². The Kier molecular flexibility index (Phi) is 8.20. The van der Waals surface area contributed by atoms with Gasteiger partial charge in [-0.3, -0.25) is 4.79 Å². The van der Waals surface area contributed by atoms with E-state index in [0.717, 1.165) is 32.1 Å². The molecule has 0 aliphatic heterocycles. The monoisotopic (exact) mass is 476 g/mol. The first-order valence-corrected chi connectivity index (χ1v) is 12.4. The van der Waals surface area contributed by atoms with Gasteiger partial charge in [0.25, 0.3) is 5.91 Å². The molecule has 0 saturated heterocycles. The highest BCUT2D eigenvalue weighted by Gasteiger charge is 2.29. The predicted molar refractivity (Wildman–Crippen MR) is 121 cm³/mol. The molecule has 0 aromatic heterocycles. The summed E-state index contributed by atoms with van der Waals surface area (Å²) in [7, 11) is -0.529. The van der Waals surface area contributed by atoms with Gasteiger partial charge in [0.1, 0.15) is 5.82 Å². The molecule has 1 amide bonds. The molecule has 2 aromatic carbocycles. The van der Waals surface area contributed by atoms with E-state index in [9.17, 15) is 22.4 Å². The first kappa shape index (κ1) is 24.9. The van der Waals surface area contributed by atoms with Crippen molar-refractivity contribution in [2.24, 2.45) is 0 Å². The SMILES string of the molecule is CN(Cc1cccc(F)c1)C(=O)COC(=O)c1ccc(S(=O)(=O)N(C)C2CCCCC2)cc1. The van der Waals surface area contributed by atoms with Crippen molar-refractivity contribution in [2.75, 3.05) is 20.7 Å². The van der Waals surface area contributed by atoms with E-state index in [2.05, 4.69) is 0 Å². The maximum Gasteiger partial charge on any atom is 0.338 e. The first-order valence-electron chi connectivity index (χ1n) is 10.9. The first-order chi connectivity index (χ1) is 15.7. The molecule has 1 aliphatic carbocycles. The van der Waals surface area contributed by atoms with Crippen molar-refractivity contribution in [3.05, 3.63) is 65.5 Å². The zero-order valence-corrected chi connectivity index (χ0v) is 19.7. The molecule has 0 atom stereocenters. The van der Waals surface area contributed by atoms with Crippen LogP contribution in [-0.2, 0) is 26.1 Å². The van der Waals surface area contributed by atoms with E-state index in [1.165, 1.54) is 52.7 Å². The van der Waals surface area contributed by atoms with Crippen LogP contribution in [0.3, 0.4) is 0 Å². The zero-order valence-electron chi connectivity index (χ0n) is 18.9. The summed E-state index contributed by atoms with van der Waals surface area (Å²) >= 11 is 0. The molecule has 0 heterocycles. The van der Waals surface area contributed by atoms with Gasteiger partial charge >= 0.3 is 5.97 Å². The number of halogens is 1. The Morgan fingerprint density at radius 3 is 2.33 bits per heavy atom. The van der Waals surface area contributed by atoms with Crippen molar-refractivity contribution in [3.8, 4) is 0 Å². The van der Waals surface area contributed by atoms with Crippen molar-refractivity contribution < 1.29 is 27.1 Å². The van der Waals surface area contributed by atoms with E-state index in [0.29, 0.717) is 5.56 Å². The molecule has 0 spiro atoms. The standard InChI is InChI=1S/C24H29FN2O5S/c1-26(16-18-7-6-8-20(25)15-18)23(28)17-32-24(29)19-11-13-22(14-12-19)33(30,31)27(2)21-9-4-3-5-10-21/h6-8,11-15,21H,3-5,9-10,16-17H2,1-2H3. The lowest BCUT2D eigenvalue weighted by Gasteiger charge is -2.30. The Hall–Kier alpha value is -2.78. The second kappa shape index (κ2) is 10.9. The molecular weight excluding hydrogens is 447 g/mol. The molecule has 0 radical (unpaired) electrons. The number of carbonyl (C=O) groups is 2. The molecule has 33 heavy (non-hydrogen) atoms. The highest BCUT2D eigenvalue weighted by molar-refractivity contribution is 7.89. The van der Waals surface area contributed by atoms with Crippen molar-refractivity contribution in [2.45, 2.75) is 49.6 Å². The Morgan fingerprint density at radius 2 is 1.70 bits per heavy atom. The van der Waals surface area contributed by atoms with Gasteiger partial charge in [0.05, 0.1) is 10.5 Å². The number of benzene rings is 2. The summed E-state index contributed by atoms with van der Waals surface area (Å²) in [5.74, 6) is -1.57. The fourth-order valence-corrected chi connectivity index (χ4v) is 5.30. The molecule has 0 N–H and O–H groups in total. The summed E-state index contributed by atoms with van der Waals surface area (Å²) in [4.78, 5) is 26.0. The van der Waals surface area contributed by atoms with E-state index in [1.807, 2.05) is 0 Å². The van der Waals surface area contributed by atoms with Gasteiger partial charge < -0.3 is 9.64 Å². The van der Waals surface area contributed by atoms with Crippen LogP contribution in [0.4, 0.5) is 4.39 Å². The van der Waals surface area contributed by atoms with Gasteiger partial charge in [0.2, 0.25) is 10.0 Å². The number of amides is 1. The van der Waals surface area contributed by atoms with E-state index >= 15 is 0 Å². The summed E-state index contributed by atoms with van der Waals surface area (Å²) in [5.41, 5.74) is 0.766. The van der Waals surface area contributed by atoms with Crippen LogP contribution in [0.1, 0.15) is 48.0 Å². The molecule has 9 heteroatoms. The summed E-state index contributed by atoms with van der Waals surface area (Å²) in [6.07, 6.45) is 4.87. The van der Waals surface area contributed by atoms with Crippen LogP contribution >= 0.6 is 0 Å². The Balaban J connectivity index is 1.55. The fourth-order valence-electron chi connectivity index (χ4n) is 3.89. The van der Waals surface area contributed by atoms with Crippen LogP contribution in [0.15, 0.2) is 53.4 Å². The molecule has 7 nitrogen and oxygen atoms in total. The van der Waals surface area contributed by atoms with Crippen LogP contribution in [0.2, 0.25) is 0 Å². The predicted octanol–water partition coefficient (Wildman–Crippen LogP) is 3.59. The van der Waals surface area contributed by atoms with Gasteiger partial charge in [-0.05, 0) is 54.8 Å². The third-order valence-corrected chi connectivity index (χ3v) is 7.84. The minimum absolute atomic E-state index is 0.0104. The topological polar surface area (TPSA) is 84.0 Å².